The predicted molar refractivity (Wildman–Crippen MR) is 105 cm³/mol. The molecule has 2 heterocycles. The van der Waals surface area contributed by atoms with Crippen molar-refractivity contribution in [2.45, 2.75) is 12.8 Å². The summed E-state index contributed by atoms with van der Waals surface area (Å²) in [7, 11) is 0. The number of piperidine rings is 1. The van der Waals surface area contributed by atoms with Gasteiger partial charge in [-0.2, -0.15) is 0 Å². The minimum Gasteiger partial charge on any atom is -0.452 e. The van der Waals surface area contributed by atoms with Crippen molar-refractivity contribution >= 4 is 56.9 Å². The maximum Gasteiger partial charge on any atom is 0.331 e. The molecule has 3 rings (SSSR count). The number of primary amides is 1. The Kier molecular flexibility index (Phi) is 6.13. The molecule has 1 aromatic carbocycles. The molecule has 0 radical (unpaired) electrons. The molecule has 6 nitrogen and oxygen atoms in total. The van der Waals surface area contributed by atoms with Gasteiger partial charge in [-0.1, -0.05) is 29.8 Å². The highest BCUT2D eigenvalue weighted by atomic mass is 35.5. The highest BCUT2D eigenvalue weighted by Gasteiger charge is 2.27. The zero-order valence-electron chi connectivity index (χ0n) is 14.5. The topological polar surface area (TPSA) is 89.7 Å². The van der Waals surface area contributed by atoms with E-state index in [1.165, 1.54) is 22.3 Å². The molecule has 8 heteroatoms. The van der Waals surface area contributed by atoms with Gasteiger partial charge in [-0.05, 0) is 25.0 Å². The van der Waals surface area contributed by atoms with Crippen LogP contribution in [0.2, 0.25) is 5.02 Å². The van der Waals surface area contributed by atoms with Gasteiger partial charge in [0.1, 0.15) is 0 Å². The highest BCUT2D eigenvalue weighted by molar-refractivity contribution is 7.20. The first-order chi connectivity index (χ1) is 13.0. The fourth-order valence-corrected chi connectivity index (χ4v) is 4.39. The third-order valence-corrected chi connectivity index (χ3v) is 6.10. The molecule has 1 fully saturated rings. The Hall–Kier alpha value is -2.38. The van der Waals surface area contributed by atoms with E-state index < -0.39 is 11.9 Å². The molecule has 142 valence electrons. The van der Waals surface area contributed by atoms with Crippen molar-refractivity contribution < 1.29 is 19.1 Å². The third-order valence-electron chi connectivity index (χ3n) is 4.44. The van der Waals surface area contributed by atoms with Crippen LogP contribution >= 0.6 is 22.9 Å². The summed E-state index contributed by atoms with van der Waals surface area (Å²) >= 11 is 7.79. The molecule has 1 aromatic heterocycles. The molecule has 0 spiro atoms. The van der Waals surface area contributed by atoms with Gasteiger partial charge in [0, 0.05) is 34.1 Å². The van der Waals surface area contributed by atoms with E-state index in [-0.39, 0.29) is 25.0 Å². The first-order valence-corrected chi connectivity index (χ1v) is 9.74. The smallest absolute Gasteiger partial charge is 0.331 e. The fraction of sp³-hybridized carbons (Fsp3) is 0.316. The van der Waals surface area contributed by atoms with E-state index in [1.807, 2.05) is 24.3 Å². The lowest BCUT2D eigenvalue weighted by atomic mass is 9.97. The van der Waals surface area contributed by atoms with Crippen LogP contribution in [0.5, 0.6) is 0 Å². The van der Waals surface area contributed by atoms with Crippen molar-refractivity contribution in [2.75, 3.05) is 19.7 Å². The Labute approximate surface area is 165 Å². The lowest BCUT2D eigenvalue weighted by Crippen LogP contribution is -2.45. The predicted octanol–water partition coefficient (Wildman–Crippen LogP) is 2.84. The molecule has 2 N–H and O–H groups in total. The van der Waals surface area contributed by atoms with Crippen LogP contribution in [0.4, 0.5) is 0 Å². The van der Waals surface area contributed by atoms with E-state index in [4.69, 9.17) is 22.1 Å². The van der Waals surface area contributed by atoms with E-state index >= 15 is 0 Å². The van der Waals surface area contributed by atoms with Crippen molar-refractivity contribution in [3.63, 3.8) is 0 Å². The van der Waals surface area contributed by atoms with Crippen LogP contribution in [0.25, 0.3) is 16.2 Å². The molecule has 1 saturated heterocycles. The Bertz CT molecular complexity index is 908. The van der Waals surface area contributed by atoms with Crippen molar-refractivity contribution in [3.8, 4) is 0 Å². The number of ether oxygens (including phenoxy) is 1. The fourth-order valence-electron chi connectivity index (χ4n) is 2.99. The molecular formula is C19H19ClN2O4S. The Morgan fingerprint density at radius 1 is 1.33 bits per heavy atom. The van der Waals surface area contributed by atoms with E-state index in [0.29, 0.717) is 24.4 Å². The van der Waals surface area contributed by atoms with Crippen LogP contribution in [0.3, 0.4) is 0 Å². The first-order valence-electron chi connectivity index (χ1n) is 8.54. The number of fused-ring (bicyclic) bond motifs is 1. The number of hydrogen-bond donors (Lipinski definition) is 1. The average molecular weight is 407 g/mol. The largest absolute Gasteiger partial charge is 0.452 e. The van der Waals surface area contributed by atoms with Crippen molar-refractivity contribution in [1.82, 2.24) is 4.90 Å². The Balaban J connectivity index is 1.54. The number of hydrogen-bond acceptors (Lipinski definition) is 5. The van der Waals surface area contributed by atoms with Crippen molar-refractivity contribution in [3.05, 3.63) is 40.2 Å². The summed E-state index contributed by atoms with van der Waals surface area (Å²) in [4.78, 5) is 37.6. The summed E-state index contributed by atoms with van der Waals surface area (Å²) in [5, 5.41) is 1.52. The van der Waals surface area contributed by atoms with Crippen LogP contribution in [0, 0.1) is 5.92 Å². The number of amides is 2. The molecule has 1 aliphatic rings. The van der Waals surface area contributed by atoms with E-state index in [0.717, 1.165) is 15.0 Å². The summed E-state index contributed by atoms with van der Waals surface area (Å²) in [5.74, 6) is -1.70. The Morgan fingerprint density at radius 2 is 2.11 bits per heavy atom. The number of benzene rings is 1. The van der Waals surface area contributed by atoms with Gasteiger partial charge in [0.05, 0.1) is 10.9 Å². The maximum absolute atomic E-state index is 12.2. The van der Waals surface area contributed by atoms with Crippen LogP contribution in [-0.2, 0) is 19.1 Å². The monoisotopic (exact) mass is 406 g/mol. The SMILES string of the molecule is NC(=O)[C@H]1CCCN(C(=O)COC(=O)/C=C/c2sc3ccccc3c2Cl)C1. The second-order valence-corrected chi connectivity index (χ2v) is 7.76. The molecular weight excluding hydrogens is 388 g/mol. The number of halogens is 1. The van der Waals surface area contributed by atoms with Crippen molar-refractivity contribution in [1.29, 1.82) is 0 Å². The molecule has 1 aliphatic heterocycles. The standard InChI is InChI=1S/C19H19ClN2O4S/c20-18-13-5-1-2-6-14(13)27-15(18)7-8-17(24)26-11-16(23)22-9-3-4-12(10-22)19(21)25/h1-2,5-8,12H,3-4,9-11H2,(H2,21,25)/b8-7+/t12-/m0/s1. The van der Waals surface area contributed by atoms with Gasteiger partial charge in [-0.15, -0.1) is 11.3 Å². The molecule has 0 bridgehead atoms. The van der Waals surface area contributed by atoms with Gasteiger partial charge in [-0.25, -0.2) is 4.79 Å². The van der Waals surface area contributed by atoms with Gasteiger partial charge >= 0.3 is 5.97 Å². The van der Waals surface area contributed by atoms with Gasteiger partial charge in [-0.3, -0.25) is 9.59 Å². The van der Waals surface area contributed by atoms with Gasteiger partial charge in [0.25, 0.3) is 5.91 Å². The molecule has 2 amide bonds. The highest BCUT2D eigenvalue weighted by Crippen LogP contribution is 2.35. The summed E-state index contributed by atoms with van der Waals surface area (Å²) in [6, 6.07) is 7.70. The number of esters is 1. The van der Waals surface area contributed by atoms with Gasteiger partial charge in [0.2, 0.25) is 5.91 Å². The molecule has 27 heavy (non-hydrogen) atoms. The Morgan fingerprint density at radius 3 is 2.85 bits per heavy atom. The zero-order valence-corrected chi connectivity index (χ0v) is 16.1. The van der Waals surface area contributed by atoms with Crippen LogP contribution < -0.4 is 5.73 Å². The first kappa shape index (κ1) is 19.4. The summed E-state index contributed by atoms with van der Waals surface area (Å²) in [6.07, 6.45) is 4.23. The van der Waals surface area contributed by atoms with Crippen molar-refractivity contribution in [2.24, 2.45) is 11.7 Å². The number of nitrogens with zero attached hydrogens (tertiary/aromatic N) is 1. The molecule has 0 unspecified atom stereocenters. The van der Waals surface area contributed by atoms with Gasteiger partial charge < -0.3 is 15.4 Å². The second-order valence-electron chi connectivity index (χ2n) is 6.30. The minimum atomic E-state index is -0.625. The van der Waals surface area contributed by atoms with Gasteiger partial charge in [0.15, 0.2) is 6.61 Å². The average Bonchev–Trinajstić information content (AvgIpc) is 3.00. The third kappa shape index (κ3) is 4.67. The van der Waals surface area contributed by atoms with Crippen LogP contribution in [0.15, 0.2) is 30.3 Å². The second kappa shape index (κ2) is 8.54. The summed E-state index contributed by atoms with van der Waals surface area (Å²) < 4.78 is 6.04. The number of thiophene rings is 1. The number of likely N-dealkylation sites (tertiary alicyclic amines) is 1. The number of carbonyl (C=O) groups excluding carboxylic acids is 3. The molecule has 1 atom stereocenters. The molecule has 0 aliphatic carbocycles. The number of carbonyl (C=O) groups is 3. The summed E-state index contributed by atoms with van der Waals surface area (Å²) in [5.41, 5.74) is 5.31. The maximum atomic E-state index is 12.2. The van der Waals surface area contributed by atoms with E-state index in [9.17, 15) is 14.4 Å². The quantitative estimate of drug-likeness (QED) is 0.610. The molecule has 0 saturated carbocycles. The lowest BCUT2D eigenvalue weighted by molar-refractivity contribution is -0.149. The zero-order chi connectivity index (χ0) is 19.4. The number of rotatable bonds is 5. The van der Waals surface area contributed by atoms with E-state index in [2.05, 4.69) is 0 Å². The minimum absolute atomic E-state index is 0.277. The summed E-state index contributed by atoms with van der Waals surface area (Å²) in [6.45, 7) is 0.446. The molecule has 2 aromatic rings. The van der Waals surface area contributed by atoms with Crippen LogP contribution in [-0.4, -0.2) is 42.4 Å². The van der Waals surface area contributed by atoms with Crippen LogP contribution in [0.1, 0.15) is 17.7 Å². The number of nitrogens with two attached hydrogens (primary N) is 1. The normalized spacial score (nSPS) is 17.4. The van der Waals surface area contributed by atoms with E-state index in [1.54, 1.807) is 6.08 Å². The lowest BCUT2D eigenvalue weighted by Gasteiger charge is -2.30.